The van der Waals surface area contributed by atoms with E-state index in [4.69, 9.17) is 11.6 Å². The molecular weight excluding hydrogens is 286 g/mol. The molecule has 1 N–H and O–H groups in total. The summed E-state index contributed by atoms with van der Waals surface area (Å²) in [5, 5.41) is 0.605. The van der Waals surface area contributed by atoms with Gasteiger partial charge < -0.3 is 0 Å². The van der Waals surface area contributed by atoms with E-state index in [1.54, 1.807) is 24.3 Å². The second kappa shape index (κ2) is 5.61. The third-order valence-corrected chi connectivity index (χ3v) is 5.28. The summed E-state index contributed by atoms with van der Waals surface area (Å²) in [6.07, 6.45) is 2.47. The Morgan fingerprint density at radius 3 is 2.21 bits per heavy atom. The SMILES string of the molecule is CS(=O)(=O)[NH+]1CCC(C(=O)c2ccc(Cl)cc2)CC1. The van der Waals surface area contributed by atoms with E-state index in [9.17, 15) is 13.2 Å². The van der Waals surface area contributed by atoms with Crippen LogP contribution in [0.15, 0.2) is 24.3 Å². The van der Waals surface area contributed by atoms with Crippen molar-refractivity contribution in [1.82, 2.24) is 0 Å². The van der Waals surface area contributed by atoms with Crippen LogP contribution < -0.4 is 4.31 Å². The highest BCUT2D eigenvalue weighted by atomic mass is 35.5. The topological polar surface area (TPSA) is 55.6 Å². The molecule has 1 fully saturated rings. The number of carbonyl (C=O) groups is 1. The first-order valence-electron chi connectivity index (χ1n) is 6.22. The lowest BCUT2D eigenvalue weighted by atomic mass is 9.90. The van der Waals surface area contributed by atoms with Crippen LogP contribution in [0.4, 0.5) is 0 Å². The minimum atomic E-state index is -3.06. The van der Waals surface area contributed by atoms with Crippen LogP contribution in [0.5, 0.6) is 0 Å². The van der Waals surface area contributed by atoms with Crippen molar-refractivity contribution in [2.75, 3.05) is 19.3 Å². The van der Waals surface area contributed by atoms with E-state index in [-0.39, 0.29) is 11.7 Å². The van der Waals surface area contributed by atoms with Crippen molar-refractivity contribution in [2.45, 2.75) is 12.8 Å². The smallest absolute Gasteiger partial charge is 0.292 e. The monoisotopic (exact) mass is 302 g/mol. The number of sulfonamides is 1. The number of ketones is 1. The van der Waals surface area contributed by atoms with E-state index in [1.165, 1.54) is 6.26 Å². The molecule has 0 atom stereocenters. The van der Waals surface area contributed by atoms with Gasteiger partial charge in [-0.05, 0) is 24.3 Å². The standard InChI is InChI=1S/C13H16ClNO3S/c1-19(17,18)15-8-6-11(7-9-15)13(16)10-2-4-12(14)5-3-10/h2-5,11H,6-9H2,1H3/p+1. The maximum Gasteiger partial charge on any atom is 0.292 e. The second-order valence-electron chi connectivity index (χ2n) is 4.96. The normalized spacial score (nSPS) is 24.1. The Labute approximate surface area is 118 Å². The summed E-state index contributed by atoms with van der Waals surface area (Å²) >= 11 is 5.79. The molecule has 0 aliphatic carbocycles. The average Bonchev–Trinajstić information content (AvgIpc) is 2.38. The average molecular weight is 303 g/mol. The molecular formula is C13H17ClNO3S+. The number of piperidine rings is 1. The quantitative estimate of drug-likeness (QED) is 0.840. The maximum absolute atomic E-state index is 12.3. The molecule has 1 saturated heterocycles. The molecule has 1 aromatic rings. The highest BCUT2D eigenvalue weighted by molar-refractivity contribution is 7.84. The number of hydrogen-bond acceptors (Lipinski definition) is 3. The van der Waals surface area contributed by atoms with Gasteiger partial charge in [-0.3, -0.25) is 4.79 Å². The second-order valence-corrected chi connectivity index (χ2v) is 7.51. The van der Waals surface area contributed by atoms with Crippen molar-refractivity contribution in [2.24, 2.45) is 5.92 Å². The highest BCUT2D eigenvalue weighted by Crippen LogP contribution is 2.18. The third kappa shape index (κ3) is 3.55. The molecule has 0 amide bonds. The van der Waals surface area contributed by atoms with Crippen LogP contribution in [0.1, 0.15) is 23.2 Å². The Balaban J connectivity index is 2.02. The maximum atomic E-state index is 12.3. The molecule has 2 rings (SSSR count). The highest BCUT2D eigenvalue weighted by Gasteiger charge is 2.32. The Bertz CT molecular complexity index is 560. The Kier molecular flexibility index (Phi) is 4.28. The lowest BCUT2D eigenvalue weighted by Gasteiger charge is -2.26. The molecule has 0 spiro atoms. The van der Waals surface area contributed by atoms with Gasteiger partial charge in [-0.15, -0.1) is 0 Å². The first-order valence-corrected chi connectivity index (χ1v) is 8.49. The molecule has 1 aliphatic rings. The number of nitrogens with one attached hydrogen (secondary N) is 1. The zero-order valence-electron chi connectivity index (χ0n) is 10.7. The van der Waals surface area contributed by atoms with Gasteiger partial charge in [0.15, 0.2) is 5.78 Å². The molecule has 1 aliphatic heterocycles. The Morgan fingerprint density at radius 1 is 1.21 bits per heavy atom. The zero-order chi connectivity index (χ0) is 14.0. The van der Waals surface area contributed by atoms with Gasteiger partial charge in [0.1, 0.15) is 0 Å². The minimum Gasteiger partial charge on any atom is -0.294 e. The van der Waals surface area contributed by atoms with E-state index in [0.717, 1.165) is 0 Å². The van der Waals surface area contributed by atoms with Crippen molar-refractivity contribution >= 4 is 27.4 Å². The van der Waals surface area contributed by atoms with Crippen molar-refractivity contribution in [3.63, 3.8) is 0 Å². The van der Waals surface area contributed by atoms with Gasteiger partial charge in [0.25, 0.3) is 10.0 Å². The van der Waals surface area contributed by atoms with Crippen molar-refractivity contribution in [3.05, 3.63) is 34.9 Å². The number of halogens is 1. The van der Waals surface area contributed by atoms with Crippen LogP contribution >= 0.6 is 11.6 Å². The van der Waals surface area contributed by atoms with Crippen LogP contribution in [0.2, 0.25) is 5.02 Å². The van der Waals surface area contributed by atoms with E-state index < -0.39 is 10.0 Å². The van der Waals surface area contributed by atoms with Crippen LogP contribution in [-0.2, 0) is 10.0 Å². The molecule has 19 heavy (non-hydrogen) atoms. The van der Waals surface area contributed by atoms with Crippen molar-refractivity contribution in [1.29, 1.82) is 0 Å². The molecule has 1 heterocycles. The Morgan fingerprint density at radius 2 is 1.74 bits per heavy atom. The fourth-order valence-electron chi connectivity index (χ4n) is 2.42. The molecule has 6 heteroatoms. The van der Waals surface area contributed by atoms with E-state index in [0.29, 0.717) is 40.8 Å². The minimum absolute atomic E-state index is 0.0772. The largest absolute Gasteiger partial charge is 0.294 e. The number of carbonyl (C=O) groups excluding carboxylic acids is 1. The summed E-state index contributed by atoms with van der Waals surface area (Å²) in [6, 6.07) is 6.85. The van der Waals surface area contributed by atoms with Crippen LogP contribution in [0.3, 0.4) is 0 Å². The summed E-state index contributed by atoms with van der Waals surface area (Å²) in [5.74, 6) is 0.0101. The van der Waals surface area contributed by atoms with Gasteiger partial charge in [0.05, 0.1) is 19.3 Å². The number of hydrogen-bond donors (Lipinski definition) is 1. The molecule has 0 saturated carbocycles. The van der Waals surface area contributed by atoms with Gasteiger partial charge in [-0.2, -0.15) is 8.42 Å². The van der Waals surface area contributed by atoms with Crippen molar-refractivity contribution < 1.29 is 17.5 Å². The number of quaternary nitrogens is 1. The number of benzene rings is 1. The summed E-state index contributed by atoms with van der Waals surface area (Å²) < 4.78 is 23.4. The van der Waals surface area contributed by atoms with Crippen LogP contribution in [0.25, 0.3) is 0 Å². The predicted octanol–water partition coefficient (Wildman–Crippen LogP) is 0.777. The summed E-state index contributed by atoms with van der Waals surface area (Å²) in [7, 11) is -3.06. The number of Topliss-reactive ketones (excluding diaryl/α,β-unsaturated/α-hetero) is 1. The Hall–Kier alpha value is -0.910. The van der Waals surface area contributed by atoms with Gasteiger partial charge in [0.2, 0.25) is 0 Å². The van der Waals surface area contributed by atoms with Crippen molar-refractivity contribution in [3.8, 4) is 0 Å². The van der Waals surface area contributed by atoms with Gasteiger partial charge in [-0.1, -0.05) is 11.6 Å². The fourth-order valence-corrected chi connectivity index (χ4v) is 3.53. The van der Waals surface area contributed by atoms with Crippen LogP contribution in [0, 0.1) is 5.92 Å². The third-order valence-electron chi connectivity index (χ3n) is 3.57. The molecule has 104 valence electrons. The first-order chi connectivity index (χ1) is 8.88. The summed E-state index contributed by atoms with van der Waals surface area (Å²) in [5.41, 5.74) is 0.650. The summed E-state index contributed by atoms with van der Waals surface area (Å²) in [4.78, 5) is 12.3. The molecule has 0 radical (unpaired) electrons. The molecule has 0 aromatic heterocycles. The van der Waals surface area contributed by atoms with Gasteiger partial charge >= 0.3 is 0 Å². The molecule has 0 bridgehead atoms. The van der Waals surface area contributed by atoms with E-state index in [1.807, 2.05) is 0 Å². The van der Waals surface area contributed by atoms with E-state index >= 15 is 0 Å². The lowest BCUT2D eigenvalue weighted by molar-refractivity contribution is -0.774. The molecule has 4 nitrogen and oxygen atoms in total. The number of rotatable bonds is 3. The fraction of sp³-hybridized carbons (Fsp3) is 0.462. The summed E-state index contributed by atoms with van der Waals surface area (Å²) in [6.45, 7) is 1.01. The van der Waals surface area contributed by atoms with Crippen LogP contribution in [-0.4, -0.2) is 33.5 Å². The predicted molar refractivity (Wildman–Crippen MR) is 74.0 cm³/mol. The molecule has 0 unspecified atom stereocenters. The zero-order valence-corrected chi connectivity index (χ0v) is 12.3. The molecule has 1 aromatic carbocycles. The lowest BCUT2D eigenvalue weighted by Crippen LogP contribution is -3.14. The van der Waals surface area contributed by atoms with E-state index in [2.05, 4.69) is 0 Å². The van der Waals surface area contributed by atoms with Gasteiger partial charge in [0, 0.05) is 29.3 Å². The first kappa shape index (κ1) is 14.5. The van der Waals surface area contributed by atoms with Gasteiger partial charge in [-0.25, -0.2) is 4.31 Å².